The van der Waals surface area contributed by atoms with Crippen LogP contribution in [-0.4, -0.2) is 17.4 Å². The predicted octanol–water partition coefficient (Wildman–Crippen LogP) is 3.33. The molecule has 2 N–H and O–H groups in total. The van der Waals surface area contributed by atoms with E-state index < -0.39 is 0 Å². The number of nitrogens with one attached hydrogen (secondary N) is 2. The van der Waals surface area contributed by atoms with Crippen molar-refractivity contribution in [3.63, 3.8) is 0 Å². The Hall–Kier alpha value is -2.36. The molecular formula is C16H19N3O. The lowest BCUT2D eigenvalue weighted by molar-refractivity contribution is 0.102. The summed E-state index contributed by atoms with van der Waals surface area (Å²) in [6.07, 6.45) is 2.62. The second-order valence-corrected chi connectivity index (χ2v) is 4.46. The molecular weight excluding hydrogens is 250 g/mol. The molecule has 20 heavy (non-hydrogen) atoms. The van der Waals surface area contributed by atoms with Crippen LogP contribution in [0.3, 0.4) is 0 Å². The van der Waals surface area contributed by atoms with Crippen LogP contribution in [0, 0.1) is 0 Å². The molecule has 4 heteroatoms. The molecule has 0 aliphatic heterocycles. The number of benzene rings is 1. The number of aryl methyl sites for hydroxylation is 1. The molecule has 0 spiro atoms. The maximum Gasteiger partial charge on any atom is 0.255 e. The van der Waals surface area contributed by atoms with Gasteiger partial charge in [0, 0.05) is 24.0 Å². The molecule has 0 radical (unpaired) electrons. The number of carbonyl (C=O) groups is 1. The number of pyridine rings is 1. The number of anilines is 2. The van der Waals surface area contributed by atoms with Gasteiger partial charge in [0.05, 0.1) is 0 Å². The van der Waals surface area contributed by atoms with Crippen molar-refractivity contribution in [2.45, 2.75) is 20.3 Å². The van der Waals surface area contributed by atoms with E-state index in [1.54, 1.807) is 18.3 Å². The molecule has 1 amide bonds. The highest BCUT2D eigenvalue weighted by Crippen LogP contribution is 2.13. The summed E-state index contributed by atoms with van der Waals surface area (Å²) in [6.45, 7) is 4.87. The van der Waals surface area contributed by atoms with E-state index in [-0.39, 0.29) is 5.91 Å². The number of nitrogens with zero attached hydrogens (tertiary/aromatic N) is 1. The van der Waals surface area contributed by atoms with Crippen LogP contribution in [0.5, 0.6) is 0 Å². The number of carbonyl (C=O) groups excluding carboxylic acids is 1. The van der Waals surface area contributed by atoms with Gasteiger partial charge in [-0.1, -0.05) is 19.1 Å². The summed E-state index contributed by atoms with van der Waals surface area (Å²) in [5.41, 5.74) is 2.64. The maximum atomic E-state index is 12.2. The minimum absolute atomic E-state index is 0.129. The topological polar surface area (TPSA) is 54.0 Å². The van der Waals surface area contributed by atoms with Gasteiger partial charge in [-0.15, -0.1) is 0 Å². The second kappa shape index (κ2) is 6.70. The van der Waals surface area contributed by atoms with Crippen molar-refractivity contribution >= 4 is 17.4 Å². The molecule has 0 aliphatic rings. The SMILES string of the molecule is CCNc1cc(C(=O)Nc2ccc(CC)cc2)ccn1. The summed E-state index contributed by atoms with van der Waals surface area (Å²) in [5, 5.41) is 5.97. The standard InChI is InChI=1S/C16H19N3O/c1-3-12-5-7-14(8-6-12)19-16(20)13-9-10-18-15(11-13)17-4-2/h5-11H,3-4H2,1-2H3,(H,17,18)(H,19,20). The van der Waals surface area contributed by atoms with Gasteiger partial charge in [-0.25, -0.2) is 4.98 Å². The molecule has 104 valence electrons. The Morgan fingerprint density at radius 1 is 1.15 bits per heavy atom. The summed E-state index contributed by atoms with van der Waals surface area (Å²) in [4.78, 5) is 16.3. The number of hydrogen-bond donors (Lipinski definition) is 2. The van der Waals surface area contributed by atoms with Gasteiger partial charge in [0.15, 0.2) is 0 Å². The Morgan fingerprint density at radius 3 is 2.55 bits per heavy atom. The van der Waals surface area contributed by atoms with Crippen molar-refractivity contribution in [1.29, 1.82) is 0 Å². The predicted molar refractivity (Wildman–Crippen MR) is 82.2 cm³/mol. The van der Waals surface area contributed by atoms with Crippen LogP contribution in [0.4, 0.5) is 11.5 Å². The fourth-order valence-electron chi connectivity index (χ4n) is 1.88. The first-order valence-corrected chi connectivity index (χ1v) is 6.83. The van der Waals surface area contributed by atoms with Gasteiger partial charge >= 0.3 is 0 Å². The van der Waals surface area contributed by atoms with Crippen molar-refractivity contribution in [1.82, 2.24) is 4.98 Å². The molecule has 0 aliphatic carbocycles. The summed E-state index contributed by atoms with van der Waals surface area (Å²) >= 11 is 0. The molecule has 0 saturated heterocycles. The number of hydrogen-bond acceptors (Lipinski definition) is 3. The zero-order chi connectivity index (χ0) is 14.4. The largest absolute Gasteiger partial charge is 0.370 e. The Labute approximate surface area is 119 Å². The molecule has 2 rings (SSSR count). The molecule has 1 heterocycles. The van der Waals surface area contributed by atoms with Crippen molar-refractivity contribution in [2.75, 3.05) is 17.2 Å². The van der Waals surface area contributed by atoms with Crippen molar-refractivity contribution in [3.05, 3.63) is 53.7 Å². The highest BCUT2D eigenvalue weighted by atomic mass is 16.1. The number of aromatic nitrogens is 1. The smallest absolute Gasteiger partial charge is 0.255 e. The first-order valence-electron chi connectivity index (χ1n) is 6.83. The van der Waals surface area contributed by atoms with E-state index in [1.807, 2.05) is 31.2 Å². The van der Waals surface area contributed by atoms with E-state index >= 15 is 0 Å². The third-order valence-electron chi connectivity index (χ3n) is 3.00. The van der Waals surface area contributed by atoms with Crippen molar-refractivity contribution in [3.8, 4) is 0 Å². The third-order valence-corrected chi connectivity index (χ3v) is 3.00. The molecule has 4 nitrogen and oxygen atoms in total. The molecule has 1 aromatic heterocycles. The van der Waals surface area contributed by atoms with Crippen molar-refractivity contribution in [2.24, 2.45) is 0 Å². The van der Waals surface area contributed by atoms with Gasteiger partial charge in [0.1, 0.15) is 5.82 Å². The molecule has 0 atom stereocenters. The Bertz CT molecular complexity index is 579. The lowest BCUT2D eigenvalue weighted by Gasteiger charge is -2.07. The third kappa shape index (κ3) is 3.57. The van der Waals surface area contributed by atoms with Crippen LogP contribution in [0.15, 0.2) is 42.6 Å². The van der Waals surface area contributed by atoms with E-state index in [4.69, 9.17) is 0 Å². The summed E-state index contributed by atoms with van der Waals surface area (Å²) < 4.78 is 0. The van der Waals surface area contributed by atoms with E-state index in [9.17, 15) is 4.79 Å². The molecule has 0 bridgehead atoms. The molecule has 1 aromatic carbocycles. The van der Waals surface area contributed by atoms with E-state index in [0.717, 1.165) is 18.7 Å². The quantitative estimate of drug-likeness (QED) is 0.875. The molecule has 0 fully saturated rings. The van der Waals surface area contributed by atoms with E-state index in [1.165, 1.54) is 5.56 Å². The van der Waals surface area contributed by atoms with Gasteiger partial charge in [-0.2, -0.15) is 0 Å². The summed E-state index contributed by atoms with van der Waals surface area (Å²) in [5.74, 6) is 0.581. The minimum Gasteiger partial charge on any atom is -0.370 e. The monoisotopic (exact) mass is 269 g/mol. The van der Waals surface area contributed by atoms with Crippen LogP contribution in [0.25, 0.3) is 0 Å². The Kier molecular flexibility index (Phi) is 4.71. The summed E-state index contributed by atoms with van der Waals surface area (Å²) in [7, 11) is 0. The zero-order valence-corrected chi connectivity index (χ0v) is 11.8. The summed E-state index contributed by atoms with van der Waals surface area (Å²) in [6, 6.07) is 11.3. The fraction of sp³-hybridized carbons (Fsp3) is 0.250. The first kappa shape index (κ1) is 14.1. The van der Waals surface area contributed by atoms with E-state index in [2.05, 4.69) is 22.5 Å². The average molecular weight is 269 g/mol. The Balaban J connectivity index is 2.08. The Morgan fingerprint density at radius 2 is 1.90 bits per heavy atom. The lowest BCUT2D eigenvalue weighted by atomic mass is 10.1. The lowest BCUT2D eigenvalue weighted by Crippen LogP contribution is -2.12. The molecule has 0 saturated carbocycles. The minimum atomic E-state index is -0.129. The normalized spacial score (nSPS) is 10.1. The van der Waals surface area contributed by atoms with Crippen LogP contribution in [0.1, 0.15) is 29.8 Å². The second-order valence-electron chi connectivity index (χ2n) is 4.46. The number of rotatable bonds is 5. The highest BCUT2D eigenvalue weighted by molar-refractivity contribution is 6.04. The maximum absolute atomic E-state index is 12.2. The van der Waals surface area contributed by atoms with Gasteiger partial charge in [-0.3, -0.25) is 4.79 Å². The number of amides is 1. The van der Waals surface area contributed by atoms with Crippen LogP contribution >= 0.6 is 0 Å². The molecule has 0 unspecified atom stereocenters. The average Bonchev–Trinajstić information content (AvgIpc) is 2.48. The van der Waals surface area contributed by atoms with Crippen LogP contribution < -0.4 is 10.6 Å². The van der Waals surface area contributed by atoms with Crippen LogP contribution in [-0.2, 0) is 6.42 Å². The fourth-order valence-corrected chi connectivity index (χ4v) is 1.88. The van der Waals surface area contributed by atoms with Gasteiger partial charge < -0.3 is 10.6 Å². The van der Waals surface area contributed by atoms with Gasteiger partial charge in [0.2, 0.25) is 0 Å². The first-order chi connectivity index (χ1) is 9.72. The van der Waals surface area contributed by atoms with Crippen molar-refractivity contribution < 1.29 is 4.79 Å². The molecule has 2 aromatic rings. The van der Waals surface area contributed by atoms with Gasteiger partial charge in [0.25, 0.3) is 5.91 Å². The van der Waals surface area contributed by atoms with Crippen LogP contribution in [0.2, 0.25) is 0 Å². The van der Waals surface area contributed by atoms with E-state index in [0.29, 0.717) is 11.4 Å². The highest BCUT2D eigenvalue weighted by Gasteiger charge is 2.07. The zero-order valence-electron chi connectivity index (χ0n) is 11.8. The van der Waals surface area contributed by atoms with Gasteiger partial charge in [-0.05, 0) is 43.2 Å².